The Kier molecular flexibility index (Phi) is 3.52. The van der Waals surface area contributed by atoms with Gasteiger partial charge in [-0.05, 0) is 24.7 Å². The highest BCUT2D eigenvalue weighted by atomic mass is 32.1. The van der Waals surface area contributed by atoms with E-state index in [1.807, 2.05) is 11.7 Å². The molecule has 1 aromatic rings. The first-order valence-electron chi connectivity index (χ1n) is 5.68. The van der Waals surface area contributed by atoms with Crippen molar-refractivity contribution >= 4 is 17.1 Å². The normalized spacial score (nSPS) is 26.9. The van der Waals surface area contributed by atoms with Crippen LogP contribution in [0.15, 0.2) is 11.7 Å². The van der Waals surface area contributed by atoms with Gasteiger partial charge in [-0.25, -0.2) is 0 Å². The molecule has 0 radical (unpaired) electrons. The van der Waals surface area contributed by atoms with Crippen LogP contribution in [-0.4, -0.2) is 10.8 Å². The molecule has 1 saturated carbocycles. The Morgan fingerprint density at radius 3 is 3.07 bits per heavy atom. The molecule has 0 N–H and O–H groups in total. The third-order valence-electron chi connectivity index (χ3n) is 3.42. The molecule has 2 nitrogen and oxygen atoms in total. The second-order valence-corrected chi connectivity index (χ2v) is 5.35. The van der Waals surface area contributed by atoms with E-state index in [2.05, 4.69) is 11.9 Å². The molecule has 2 rings (SSSR count). The summed E-state index contributed by atoms with van der Waals surface area (Å²) in [5, 5.41) is 0. The summed E-state index contributed by atoms with van der Waals surface area (Å²) >= 11 is 1.71. The maximum atomic E-state index is 11.5. The summed E-state index contributed by atoms with van der Waals surface area (Å²) in [5.74, 6) is 1.76. The van der Waals surface area contributed by atoms with E-state index in [4.69, 9.17) is 0 Å². The van der Waals surface area contributed by atoms with Crippen molar-refractivity contribution in [2.24, 2.45) is 11.8 Å². The molecule has 0 bridgehead atoms. The van der Waals surface area contributed by atoms with Gasteiger partial charge >= 0.3 is 0 Å². The SMILES string of the molecule is CCC1CCC(=O)CC1Cc1cncs1. The van der Waals surface area contributed by atoms with Crippen LogP contribution >= 0.6 is 11.3 Å². The molecular formula is C12H17NOS. The third-order valence-corrected chi connectivity index (χ3v) is 4.22. The fourth-order valence-corrected chi connectivity index (χ4v) is 3.21. The molecule has 82 valence electrons. The van der Waals surface area contributed by atoms with E-state index in [1.54, 1.807) is 11.3 Å². The molecule has 2 unspecified atom stereocenters. The van der Waals surface area contributed by atoms with Crippen LogP contribution in [0, 0.1) is 11.8 Å². The number of hydrogen-bond donors (Lipinski definition) is 0. The maximum Gasteiger partial charge on any atom is 0.133 e. The largest absolute Gasteiger partial charge is 0.300 e. The molecule has 1 aliphatic rings. The molecule has 0 aromatic carbocycles. The average Bonchev–Trinajstić information content (AvgIpc) is 2.71. The van der Waals surface area contributed by atoms with Crippen LogP contribution in [0.25, 0.3) is 0 Å². The van der Waals surface area contributed by atoms with Crippen molar-refractivity contribution in [3.8, 4) is 0 Å². The van der Waals surface area contributed by atoms with E-state index in [0.717, 1.165) is 31.6 Å². The minimum Gasteiger partial charge on any atom is -0.300 e. The number of thiazole rings is 1. The first-order valence-corrected chi connectivity index (χ1v) is 6.56. The molecule has 1 aromatic heterocycles. The molecule has 3 heteroatoms. The number of nitrogens with zero attached hydrogens (tertiary/aromatic N) is 1. The van der Waals surface area contributed by atoms with Crippen LogP contribution in [0.5, 0.6) is 0 Å². The Morgan fingerprint density at radius 1 is 1.53 bits per heavy atom. The second kappa shape index (κ2) is 4.88. The molecule has 0 amide bonds. The van der Waals surface area contributed by atoms with E-state index in [-0.39, 0.29) is 0 Å². The van der Waals surface area contributed by atoms with Crippen LogP contribution < -0.4 is 0 Å². The van der Waals surface area contributed by atoms with Crippen molar-refractivity contribution in [2.75, 3.05) is 0 Å². The molecule has 1 fully saturated rings. The molecule has 0 aliphatic heterocycles. The lowest BCUT2D eigenvalue weighted by Crippen LogP contribution is -2.26. The zero-order valence-electron chi connectivity index (χ0n) is 9.11. The number of Topliss-reactive ketones (excluding diaryl/α,β-unsaturated/α-hetero) is 1. The number of rotatable bonds is 3. The summed E-state index contributed by atoms with van der Waals surface area (Å²) in [6.07, 6.45) is 6.88. The molecule has 0 saturated heterocycles. The minimum atomic E-state index is 0.453. The highest BCUT2D eigenvalue weighted by Gasteiger charge is 2.28. The van der Waals surface area contributed by atoms with Gasteiger partial charge in [0.25, 0.3) is 0 Å². The molecule has 1 heterocycles. The molecular weight excluding hydrogens is 206 g/mol. The lowest BCUT2D eigenvalue weighted by atomic mass is 9.75. The summed E-state index contributed by atoms with van der Waals surface area (Å²) in [5.41, 5.74) is 1.88. The number of carbonyl (C=O) groups is 1. The van der Waals surface area contributed by atoms with Crippen LogP contribution in [0.4, 0.5) is 0 Å². The first kappa shape index (κ1) is 10.8. The molecule has 2 atom stereocenters. The third kappa shape index (κ3) is 2.65. The average molecular weight is 223 g/mol. The van der Waals surface area contributed by atoms with Gasteiger partial charge in [-0.15, -0.1) is 11.3 Å². The predicted molar refractivity (Wildman–Crippen MR) is 61.9 cm³/mol. The van der Waals surface area contributed by atoms with Crippen LogP contribution in [0.3, 0.4) is 0 Å². The van der Waals surface area contributed by atoms with Crippen LogP contribution in [0.2, 0.25) is 0 Å². The van der Waals surface area contributed by atoms with E-state index >= 15 is 0 Å². The highest BCUT2D eigenvalue weighted by Crippen LogP contribution is 2.33. The number of ketones is 1. The summed E-state index contributed by atoms with van der Waals surface area (Å²) in [6, 6.07) is 0. The Balaban J connectivity index is 2.01. The first-order chi connectivity index (χ1) is 7.29. The van der Waals surface area contributed by atoms with E-state index in [1.165, 1.54) is 11.3 Å². The van der Waals surface area contributed by atoms with Gasteiger partial charge in [0.05, 0.1) is 5.51 Å². The number of aromatic nitrogens is 1. The quantitative estimate of drug-likeness (QED) is 0.788. The topological polar surface area (TPSA) is 30.0 Å². The smallest absolute Gasteiger partial charge is 0.133 e. The lowest BCUT2D eigenvalue weighted by Gasteiger charge is -2.29. The van der Waals surface area contributed by atoms with Gasteiger partial charge in [-0.2, -0.15) is 0 Å². The van der Waals surface area contributed by atoms with Gasteiger partial charge in [0.15, 0.2) is 0 Å². The minimum absolute atomic E-state index is 0.453. The Labute approximate surface area is 94.7 Å². The Morgan fingerprint density at radius 2 is 2.40 bits per heavy atom. The van der Waals surface area contributed by atoms with Crippen molar-refractivity contribution in [1.82, 2.24) is 4.98 Å². The monoisotopic (exact) mass is 223 g/mol. The van der Waals surface area contributed by atoms with Crippen LogP contribution in [0.1, 0.15) is 37.5 Å². The number of hydrogen-bond acceptors (Lipinski definition) is 3. The van der Waals surface area contributed by atoms with Gasteiger partial charge in [0.2, 0.25) is 0 Å². The van der Waals surface area contributed by atoms with Gasteiger partial charge in [-0.1, -0.05) is 13.3 Å². The summed E-state index contributed by atoms with van der Waals surface area (Å²) in [4.78, 5) is 16.9. The van der Waals surface area contributed by atoms with E-state index in [9.17, 15) is 4.79 Å². The van der Waals surface area contributed by atoms with E-state index < -0.39 is 0 Å². The number of carbonyl (C=O) groups excluding carboxylic acids is 1. The lowest BCUT2D eigenvalue weighted by molar-refractivity contribution is -0.122. The fourth-order valence-electron chi connectivity index (χ4n) is 2.52. The molecule has 15 heavy (non-hydrogen) atoms. The second-order valence-electron chi connectivity index (χ2n) is 4.38. The van der Waals surface area contributed by atoms with Crippen molar-refractivity contribution in [3.05, 3.63) is 16.6 Å². The fraction of sp³-hybridized carbons (Fsp3) is 0.667. The zero-order chi connectivity index (χ0) is 10.7. The van der Waals surface area contributed by atoms with E-state index in [0.29, 0.717) is 11.7 Å². The van der Waals surface area contributed by atoms with Gasteiger partial charge in [0.1, 0.15) is 5.78 Å². The molecule has 1 aliphatic carbocycles. The zero-order valence-corrected chi connectivity index (χ0v) is 9.93. The Bertz CT molecular complexity index is 320. The van der Waals surface area contributed by atoms with Gasteiger partial charge < -0.3 is 0 Å². The van der Waals surface area contributed by atoms with Crippen molar-refractivity contribution in [1.29, 1.82) is 0 Å². The van der Waals surface area contributed by atoms with Crippen LogP contribution in [-0.2, 0) is 11.2 Å². The molecule has 0 spiro atoms. The van der Waals surface area contributed by atoms with Gasteiger partial charge in [0, 0.05) is 23.9 Å². The Hall–Kier alpha value is -0.700. The highest BCUT2D eigenvalue weighted by molar-refractivity contribution is 7.09. The standard InChI is InChI=1S/C12H17NOS/c1-2-9-3-4-11(14)5-10(9)6-12-7-13-8-15-12/h7-10H,2-6H2,1H3. The summed E-state index contributed by atoms with van der Waals surface area (Å²) < 4.78 is 0. The van der Waals surface area contributed by atoms with Crippen molar-refractivity contribution < 1.29 is 4.79 Å². The predicted octanol–water partition coefficient (Wildman–Crippen LogP) is 3.08. The summed E-state index contributed by atoms with van der Waals surface area (Å²) in [6.45, 7) is 2.24. The van der Waals surface area contributed by atoms with Crippen molar-refractivity contribution in [3.63, 3.8) is 0 Å². The van der Waals surface area contributed by atoms with Gasteiger partial charge in [-0.3, -0.25) is 9.78 Å². The maximum absolute atomic E-state index is 11.5. The van der Waals surface area contributed by atoms with Crippen molar-refractivity contribution in [2.45, 2.75) is 39.0 Å². The summed E-state index contributed by atoms with van der Waals surface area (Å²) in [7, 11) is 0.